The van der Waals surface area contributed by atoms with Gasteiger partial charge in [0.25, 0.3) is 5.91 Å². The molecule has 1 aromatic heterocycles. The first kappa shape index (κ1) is 15.3. The topological polar surface area (TPSA) is 45.2 Å². The molecule has 19 heavy (non-hydrogen) atoms. The molecule has 1 heterocycles. The van der Waals surface area contributed by atoms with E-state index in [9.17, 15) is 18.0 Å². The molecule has 1 amide bonds. The molecule has 0 unspecified atom stereocenters. The van der Waals surface area contributed by atoms with Crippen molar-refractivity contribution in [2.75, 3.05) is 25.5 Å². The molecule has 0 aliphatic carbocycles. The smallest absolute Gasteiger partial charge is 0.369 e. The van der Waals surface area contributed by atoms with Gasteiger partial charge in [0.15, 0.2) is 0 Å². The molecule has 0 aromatic carbocycles. The second kappa shape index (κ2) is 6.40. The van der Waals surface area contributed by atoms with E-state index in [1.165, 1.54) is 18.3 Å². The lowest BCUT2D eigenvalue weighted by Gasteiger charge is -2.20. The zero-order chi connectivity index (χ0) is 14.5. The fourth-order valence-corrected chi connectivity index (χ4v) is 1.51. The van der Waals surface area contributed by atoms with Crippen LogP contribution in [-0.2, 0) is 0 Å². The Morgan fingerprint density at radius 1 is 1.47 bits per heavy atom. The van der Waals surface area contributed by atoms with Gasteiger partial charge >= 0.3 is 6.18 Å². The van der Waals surface area contributed by atoms with Gasteiger partial charge in [-0.05, 0) is 18.6 Å². The van der Waals surface area contributed by atoms with E-state index in [2.05, 4.69) is 10.3 Å². The number of hydrogen-bond acceptors (Lipinski definition) is 3. The fourth-order valence-electron chi connectivity index (χ4n) is 1.51. The number of halogens is 3. The summed E-state index contributed by atoms with van der Waals surface area (Å²) < 4.78 is 36.8. The number of carbonyl (C=O) groups is 1. The van der Waals surface area contributed by atoms with Gasteiger partial charge in [-0.15, -0.1) is 0 Å². The minimum atomic E-state index is -4.41. The second-order valence-corrected chi connectivity index (χ2v) is 4.10. The van der Waals surface area contributed by atoms with Crippen molar-refractivity contribution in [3.63, 3.8) is 0 Å². The first-order valence-corrected chi connectivity index (χ1v) is 5.86. The van der Waals surface area contributed by atoms with E-state index in [-0.39, 0.29) is 5.56 Å². The summed E-state index contributed by atoms with van der Waals surface area (Å²) >= 11 is 0. The van der Waals surface area contributed by atoms with Crippen LogP contribution in [0.5, 0.6) is 0 Å². The van der Waals surface area contributed by atoms with Crippen LogP contribution in [0.15, 0.2) is 18.3 Å². The van der Waals surface area contributed by atoms with Crippen LogP contribution in [0, 0.1) is 0 Å². The molecule has 1 rings (SSSR count). The van der Waals surface area contributed by atoms with E-state index in [1.807, 2.05) is 6.92 Å². The van der Waals surface area contributed by atoms with E-state index < -0.39 is 18.6 Å². The minimum absolute atomic E-state index is 0.141. The van der Waals surface area contributed by atoms with Crippen LogP contribution >= 0.6 is 0 Å². The molecule has 0 saturated heterocycles. The number of anilines is 1. The number of nitrogens with zero attached hydrogens (tertiary/aromatic N) is 2. The summed E-state index contributed by atoms with van der Waals surface area (Å²) in [5.41, 5.74) is 0.141. The lowest BCUT2D eigenvalue weighted by atomic mass is 10.2. The molecule has 0 fully saturated rings. The number of aromatic nitrogens is 1. The van der Waals surface area contributed by atoms with Crippen molar-refractivity contribution in [2.24, 2.45) is 0 Å². The first-order valence-electron chi connectivity index (χ1n) is 5.86. The second-order valence-electron chi connectivity index (χ2n) is 4.10. The fraction of sp³-hybridized carbons (Fsp3) is 0.500. The normalized spacial score (nSPS) is 11.2. The highest BCUT2D eigenvalue weighted by Crippen LogP contribution is 2.19. The Bertz CT molecular complexity index is 434. The molecule has 106 valence electrons. The highest BCUT2D eigenvalue weighted by Gasteiger charge is 2.32. The number of rotatable bonds is 5. The van der Waals surface area contributed by atoms with Crippen LogP contribution in [0.4, 0.5) is 19.0 Å². The Morgan fingerprint density at radius 2 is 2.16 bits per heavy atom. The van der Waals surface area contributed by atoms with E-state index in [0.717, 1.165) is 13.5 Å². The van der Waals surface area contributed by atoms with Gasteiger partial charge in [0.2, 0.25) is 0 Å². The lowest BCUT2D eigenvalue weighted by molar-refractivity contribution is -0.138. The van der Waals surface area contributed by atoms with Crippen molar-refractivity contribution in [3.05, 3.63) is 23.9 Å². The van der Waals surface area contributed by atoms with Crippen molar-refractivity contribution >= 4 is 11.7 Å². The molecule has 7 heteroatoms. The summed E-state index contributed by atoms with van der Waals surface area (Å²) in [6.45, 7) is 1.25. The molecule has 1 aromatic rings. The summed E-state index contributed by atoms with van der Waals surface area (Å²) in [7, 11) is 1.12. The zero-order valence-electron chi connectivity index (χ0n) is 10.8. The molecule has 4 nitrogen and oxygen atoms in total. The summed E-state index contributed by atoms with van der Waals surface area (Å²) in [6, 6.07) is 2.98. The van der Waals surface area contributed by atoms with Gasteiger partial charge in [-0.25, -0.2) is 4.98 Å². The number of alkyl halides is 3. The predicted molar refractivity (Wildman–Crippen MR) is 66.0 cm³/mol. The first-order chi connectivity index (χ1) is 8.85. The number of amides is 1. The zero-order valence-corrected chi connectivity index (χ0v) is 10.8. The van der Waals surface area contributed by atoms with Crippen molar-refractivity contribution in [2.45, 2.75) is 19.5 Å². The van der Waals surface area contributed by atoms with Crippen LogP contribution in [-0.4, -0.2) is 42.1 Å². The van der Waals surface area contributed by atoms with Gasteiger partial charge in [-0.3, -0.25) is 4.79 Å². The Morgan fingerprint density at radius 3 is 2.74 bits per heavy atom. The molecule has 0 aliphatic rings. The monoisotopic (exact) mass is 275 g/mol. The van der Waals surface area contributed by atoms with E-state index >= 15 is 0 Å². The molecular weight excluding hydrogens is 259 g/mol. The Labute approximate surface area is 109 Å². The van der Waals surface area contributed by atoms with E-state index in [1.54, 1.807) is 0 Å². The summed E-state index contributed by atoms with van der Waals surface area (Å²) in [4.78, 5) is 16.6. The number of hydrogen-bond donors (Lipinski definition) is 1. The molecule has 0 atom stereocenters. The third-order valence-corrected chi connectivity index (χ3v) is 2.34. The quantitative estimate of drug-likeness (QED) is 0.898. The minimum Gasteiger partial charge on any atom is -0.369 e. The van der Waals surface area contributed by atoms with Crippen LogP contribution in [0.2, 0.25) is 0 Å². The van der Waals surface area contributed by atoms with Gasteiger partial charge < -0.3 is 10.2 Å². The highest BCUT2D eigenvalue weighted by atomic mass is 19.4. The van der Waals surface area contributed by atoms with Crippen LogP contribution < -0.4 is 5.32 Å². The van der Waals surface area contributed by atoms with Crippen molar-refractivity contribution in [1.29, 1.82) is 0 Å². The Kier molecular flexibility index (Phi) is 5.14. The maximum atomic E-state index is 12.3. The molecule has 0 radical (unpaired) electrons. The van der Waals surface area contributed by atoms with Gasteiger partial charge in [0.05, 0.1) is 5.56 Å². The van der Waals surface area contributed by atoms with E-state index in [0.29, 0.717) is 17.3 Å². The maximum absolute atomic E-state index is 12.3. The maximum Gasteiger partial charge on any atom is 0.406 e. The molecule has 0 aliphatic heterocycles. The largest absolute Gasteiger partial charge is 0.406 e. The number of pyridine rings is 1. The molecule has 1 N–H and O–H groups in total. The molecular formula is C12H16F3N3O. The van der Waals surface area contributed by atoms with Crippen molar-refractivity contribution in [1.82, 2.24) is 9.88 Å². The predicted octanol–water partition coefficient (Wildman–Crippen LogP) is 2.54. The van der Waals surface area contributed by atoms with Gasteiger partial charge in [0.1, 0.15) is 12.4 Å². The third kappa shape index (κ3) is 4.76. The molecule has 0 spiro atoms. The summed E-state index contributed by atoms with van der Waals surface area (Å²) in [6.07, 6.45) is -2.11. The van der Waals surface area contributed by atoms with Crippen molar-refractivity contribution in [3.8, 4) is 0 Å². The molecule has 0 saturated carbocycles. The average Bonchev–Trinajstić information content (AvgIpc) is 2.33. The van der Waals surface area contributed by atoms with Gasteiger partial charge in [-0.1, -0.05) is 6.92 Å². The Balaban J connectivity index is 2.86. The number of carbonyl (C=O) groups excluding carboxylic acids is 1. The van der Waals surface area contributed by atoms with E-state index in [4.69, 9.17) is 0 Å². The summed E-state index contributed by atoms with van der Waals surface area (Å²) in [5.74, 6) is -0.396. The third-order valence-electron chi connectivity index (χ3n) is 2.34. The average molecular weight is 275 g/mol. The Hall–Kier alpha value is -1.79. The summed E-state index contributed by atoms with van der Waals surface area (Å²) in [5, 5.41) is 2.92. The standard InChI is InChI=1S/C12H16F3N3O/c1-3-6-16-10-9(5-4-7-17-10)11(19)18(2)8-12(13,14)15/h4-5,7H,3,6,8H2,1-2H3,(H,16,17). The number of nitrogens with one attached hydrogen (secondary N) is 1. The highest BCUT2D eigenvalue weighted by molar-refractivity contribution is 5.98. The van der Waals surface area contributed by atoms with Crippen LogP contribution in [0.3, 0.4) is 0 Å². The lowest BCUT2D eigenvalue weighted by Crippen LogP contribution is -2.36. The molecule has 0 bridgehead atoms. The van der Waals surface area contributed by atoms with Gasteiger partial charge in [0, 0.05) is 19.8 Å². The SMILES string of the molecule is CCCNc1ncccc1C(=O)N(C)CC(F)(F)F. The van der Waals surface area contributed by atoms with Gasteiger partial charge in [-0.2, -0.15) is 13.2 Å². The van der Waals surface area contributed by atoms with Crippen molar-refractivity contribution < 1.29 is 18.0 Å². The van der Waals surface area contributed by atoms with Crippen LogP contribution in [0.1, 0.15) is 23.7 Å². The van der Waals surface area contributed by atoms with Crippen LogP contribution in [0.25, 0.3) is 0 Å².